The van der Waals surface area contributed by atoms with Gasteiger partial charge < -0.3 is 15.4 Å². The van der Waals surface area contributed by atoms with Gasteiger partial charge in [-0.1, -0.05) is 25.4 Å². The predicted molar refractivity (Wildman–Crippen MR) is 96.0 cm³/mol. The first kappa shape index (κ1) is 20.7. The van der Waals surface area contributed by atoms with Crippen LogP contribution in [0.15, 0.2) is 24.3 Å². The molecular weight excluding hydrogens is 328 g/mol. The van der Waals surface area contributed by atoms with E-state index in [0.29, 0.717) is 17.0 Å². The summed E-state index contributed by atoms with van der Waals surface area (Å²) in [6, 6.07) is 6.37. The third-order valence-electron chi connectivity index (χ3n) is 3.87. The molecular formula is C17H25BClNO4. The maximum atomic E-state index is 12.5. The number of ketones is 1. The number of carbonyl (C=O) groups excluding carboxylic acids is 2. The fourth-order valence-corrected chi connectivity index (χ4v) is 2.56. The monoisotopic (exact) mass is 353 g/mol. The number of amides is 1. The van der Waals surface area contributed by atoms with E-state index in [9.17, 15) is 19.6 Å². The Labute approximate surface area is 148 Å². The maximum Gasteiger partial charge on any atom is 0.455 e. The Morgan fingerprint density at radius 1 is 1.21 bits per heavy atom. The molecule has 0 radical (unpaired) electrons. The molecule has 132 valence electrons. The number of hydrogen-bond acceptors (Lipinski definition) is 4. The van der Waals surface area contributed by atoms with Gasteiger partial charge in [0, 0.05) is 22.8 Å². The Kier molecular flexibility index (Phi) is 7.45. The first-order chi connectivity index (χ1) is 11.0. The molecule has 1 aromatic carbocycles. The average molecular weight is 354 g/mol. The number of Topliss-reactive ketones (excluding diaryl/α,β-unsaturated/α-hetero) is 1. The van der Waals surface area contributed by atoms with Crippen LogP contribution in [-0.4, -0.2) is 34.4 Å². The Morgan fingerprint density at radius 3 is 2.21 bits per heavy atom. The van der Waals surface area contributed by atoms with Crippen molar-refractivity contribution < 1.29 is 19.6 Å². The minimum atomic E-state index is -1.56. The fourth-order valence-electron chi connectivity index (χ4n) is 2.44. The van der Waals surface area contributed by atoms with Crippen molar-refractivity contribution in [3.8, 4) is 0 Å². The van der Waals surface area contributed by atoms with Gasteiger partial charge in [0.25, 0.3) is 5.91 Å². The third kappa shape index (κ3) is 6.26. The lowest BCUT2D eigenvalue weighted by Gasteiger charge is -2.27. The lowest BCUT2D eigenvalue weighted by molar-refractivity contribution is -0.124. The number of nitrogens with one attached hydrogen (secondary N) is 1. The maximum absolute atomic E-state index is 12.5. The first-order valence-electron chi connectivity index (χ1n) is 8.00. The van der Waals surface area contributed by atoms with Crippen molar-refractivity contribution in [1.29, 1.82) is 0 Å². The first-order valence-corrected chi connectivity index (χ1v) is 8.38. The van der Waals surface area contributed by atoms with Gasteiger partial charge in [0.15, 0.2) is 5.78 Å². The molecule has 0 heterocycles. The summed E-state index contributed by atoms with van der Waals surface area (Å²) >= 11 is 5.80. The largest absolute Gasteiger partial charge is 0.455 e. The van der Waals surface area contributed by atoms with E-state index in [4.69, 9.17) is 11.6 Å². The second-order valence-electron chi connectivity index (χ2n) is 7.02. The molecule has 0 unspecified atom stereocenters. The van der Waals surface area contributed by atoms with Gasteiger partial charge >= 0.3 is 7.12 Å². The topological polar surface area (TPSA) is 86.6 Å². The second kappa shape index (κ2) is 8.65. The SMILES string of the molecule is CC(C)C[C@H](CC(=O)C(C)(C)NC(=O)c1ccc(Cl)cc1)B(O)O. The molecule has 1 amide bonds. The van der Waals surface area contributed by atoms with Crippen LogP contribution in [-0.2, 0) is 4.79 Å². The molecule has 0 spiro atoms. The highest BCUT2D eigenvalue weighted by Crippen LogP contribution is 2.26. The van der Waals surface area contributed by atoms with Crippen LogP contribution >= 0.6 is 11.6 Å². The molecule has 0 saturated carbocycles. The van der Waals surface area contributed by atoms with Gasteiger partial charge in [-0.15, -0.1) is 0 Å². The van der Waals surface area contributed by atoms with E-state index in [1.807, 2.05) is 13.8 Å². The van der Waals surface area contributed by atoms with Crippen molar-refractivity contribution in [3.05, 3.63) is 34.9 Å². The summed E-state index contributed by atoms with van der Waals surface area (Å²) in [4.78, 5) is 24.8. The lowest BCUT2D eigenvalue weighted by atomic mass is 9.65. The van der Waals surface area contributed by atoms with E-state index < -0.39 is 18.5 Å². The van der Waals surface area contributed by atoms with Crippen LogP contribution in [0.1, 0.15) is 50.9 Å². The summed E-state index contributed by atoms with van der Waals surface area (Å²) in [6.07, 6.45) is 0.508. The molecule has 24 heavy (non-hydrogen) atoms. The summed E-state index contributed by atoms with van der Waals surface area (Å²) in [5.41, 5.74) is -0.706. The third-order valence-corrected chi connectivity index (χ3v) is 4.12. The van der Waals surface area contributed by atoms with Gasteiger partial charge in [0.05, 0.1) is 5.54 Å². The Hall–Kier alpha value is -1.37. The molecule has 0 aromatic heterocycles. The Bertz CT molecular complexity index is 572. The summed E-state index contributed by atoms with van der Waals surface area (Å²) in [7, 11) is -1.56. The van der Waals surface area contributed by atoms with Crippen LogP contribution in [0.5, 0.6) is 0 Å². The predicted octanol–water partition coefficient (Wildman–Crippen LogP) is 2.70. The van der Waals surface area contributed by atoms with Gasteiger partial charge in [-0.2, -0.15) is 0 Å². The zero-order chi connectivity index (χ0) is 18.5. The molecule has 3 N–H and O–H groups in total. The number of hydrogen-bond donors (Lipinski definition) is 3. The highest BCUT2D eigenvalue weighted by atomic mass is 35.5. The van der Waals surface area contributed by atoms with Crippen molar-refractivity contribution >= 4 is 30.4 Å². The van der Waals surface area contributed by atoms with Gasteiger partial charge in [0.1, 0.15) is 0 Å². The van der Waals surface area contributed by atoms with Crippen LogP contribution in [0, 0.1) is 5.92 Å². The zero-order valence-electron chi connectivity index (χ0n) is 14.5. The van der Waals surface area contributed by atoms with E-state index in [1.165, 1.54) is 0 Å². The Morgan fingerprint density at radius 2 is 1.75 bits per heavy atom. The highest BCUT2D eigenvalue weighted by Gasteiger charge is 2.35. The molecule has 0 aliphatic carbocycles. The Balaban J connectivity index is 2.76. The van der Waals surface area contributed by atoms with Crippen molar-refractivity contribution in [2.75, 3.05) is 0 Å². The van der Waals surface area contributed by atoms with E-state index in [1.54, 1.807) is 38.1 Å². The van der Waals surface area contributed by atoms with Crippen molar-refractivity contribution in [3.63, 3.8) is 0 Å². The molecule has 0 saturated heterocycles. The number of benzene rings is 1. The minimum absolute atomic E-state index is 0.0102. The summed E-state index contributed by atoms with van der Waals surface area (Å²) in [6.45, 7) is 7.12. The molecule has 1 atom stereocenters. The van der Waals surface area contributed by atoms with E-state index in [0.717, 1.165) is 0 Å². The normalized spacial score (nSPS) is 12.8. The molecule has 0 aliphatic rings. The van der Waals surface area contributed by atoms with Crippen molar-refractivity contribution in [1.82, 2.24) is 5.32 Å². The second-order valence-corrected chi connectivity index (χ2v) is 7.45. The highest BCUT2D eigenvalue weighted by molar-refractivity contribution is 6.43. The molecule has 5 nitrogen and oxygen atoms in total. The van der Waals surface area contributed by atoms with Crippen LogP contribution in [0.25, 0.3) is 0 Å². The molecule has 1 aromatic rings. The van der Waals surface area contributed by atoms with E-state index >= 15 is 0 Å². The van der Waals surface area contributed by atoms with Crippen molar-refractivity contribution in [2.45, 2.75) is 51.9 Å². The molecule has 0 bridgehead atoms. The molecule has 0 aliphatic heterocycles. The molecule has 1 rings (SSSR count). The smallest absolute Gasteiger partial charge is 0.427 e. The number of rotatable bonds is 8. The fraction of sp³-hybridized carbons (Fsp3) is 0.529. The molecule has 7 heteroatoms. The van der Waals surface area contributed by atoms with Gasteiger partial charge in [0.2, 0.25) is 0 Å². The standard InChI is InChI=1S/C17H25BClNO4/c1-11(2)9-13(18(23)24)10-15(21)17(3,4)20-16(22)12-5-7-14(19)8-6-12/h5-8,11,13,23-24H,9-10H2,1-4H3,(H,20,22)/t13-/m1/s1. The van der Waals surface area contributed by atoms with Crippen LogP contribution in [0.4, 0.5) is 0 Å². The van der Waals surface area contributed by atoms with Crippen LogP contribution < -0.4 is 5.32 Å². The minimum Gasteiger partial charge on any atom is -0.427 e. The van der Waals surface area contributed by atoms with E-state index in [-0.39, 0.29) is 24.0 Å². The summed E-state index contributed by atoms with van der Waals surface area (Å²) < 4.78 is 0. The van der Waals surface area contributed by atoms with Gasteiger partial charge in [-0.3, -0.25) is 9.59 Å². The average Bonchev–Trinajstić information content (AvgIpc) is 2.45. The molecule has 0 fully saturated rings. The van der Waals surface area contributed by atoms with Crippen LogP contribution in [0.2, 0.25) is 10.8 Å². The number of carbonyl (C=O) groups is 2. The lowest BCUT2D eigenvalue weighted by Crippen LogP contribution is -2.50. The number of halogens is 1. The summed E-state index contributed by atoms with van der Waals surface area (Å²) in [5, 5.41) is 22.1. The van der Waals surface area contributed by atoms with Crippen LogP contribution in [0.3, 0.4) is 0 Å². The van der Waals surface area contributed by atoms with Gasteiger partial charge in [-0.25, -0.2) is 0 Å². The quantitative estimate of drug-likeness (QED) is 0.627. The van der Waals surface area contributed by atoms with Gasteiger partial charge in [-0.05, 0) is 50.5 Å². The zero-order valence-corrected chi connectivity index (χ0v) is 15.3. The summed E-state index contributed by atoms with van der Waals surface area (Å²) in [5.74, 6) is -0.945. The van der Waals surface area contributed by atoms with Crippen molar-refractivity contribution in [2.24, 2.45) is 5.92 Å². The van der Waals surface area contributed by atoms with E-state index in [2.05, 4.69) is 5.32 Å².